The molecule has 1 aromatic carbocycles. The molecule has 1 heterocycles. The number of halogens is 1. The first-order valence-electron chi connectivity index (χ1n) is 6.88. The van der Waals surface area contributed by atoms with Gasteiger partial charge in [0.2, 0.25) is 0 Å². The Morgan fingerprint density at radius 3 is 2.90 bits per heavy atom. The molecule has 0 saturated carbocycles. The summed E-state index contributed by atoms with van der Waals surface area (Å²) >= 11 is 4.91. The van der Waals surface area contributed by atoms with Crippen LogP contribution in [-0.4, -0.2) is 26.2 Å². The molecule has 0 aliphatic carbocycles. The highest BCUT2D eigenvalue weighted by atomic mass is 79.9. The number of unbranched alkanes of at least 4 members (excludes halogenated alkanes) is 2. The van der Waals surface area contributed by atoms with E-state index in [4.69, 9.17) is 10.5 Å². The summed E-state index contributed by atoms with van der Waals surface area (Å²) in [5.74, 6) is -0.0904. The largest absolute Gasteiger partial charge is 0.397 e. The van der Waals surface area contributed by atoms with Crippen LogP contribution in [0.3, 0.4) is 0 Å². The number of ether oxygens (including phenoxy) is 1. The molecule has 2 rings (SSSR count). The number of hydrogen-bond donors (Lipinski definition) is 2. The summed E-state index contributed by atoms with van der Waals surface area (Å²) in [6.07, 6.45) is 3.01. The van der Waals surface area contributed by atoms with E-state index >= 15 is 0 Å². The molecule has 114 valence electrons. The van der Waals surface area contributed by atoms with Gasteiger partial charge in [0.05, 0.1) is 5.69 Å². The minimum Gasteiger partial charge on any atom is -0.397 e. The van der Waals surface area contributed by atoms with Crippen LogP contribution in [0.1, 0.15) is 28.9 Å². The maximum absolute atomic E-state index is 12.2. The number of nitrogen functional groups attached to an aromatic ring is 1. The number of methoxy groups -OCH3 is 1. The highest BCUT2D eigenvalue weighted by Crippen LogP contribution is 2.37. The van der Waals surface area contributed by atoms with E-state index < -0.39 is 0 Å². The zero-order valence-electron chi connectivity index (χ0n) is 11.9. The first-order valence-corrected chi connectivity index (χ1v) is 8.49. The highest BCUT2D eigenvalue weighted by Gasteiger charge is 2.17. The van der Waals surface area contributed by atoms with Crippen molar-refractivity contribution in [1.29, 1.82) is 0 Å². The van der Waals surface area contributed by atoms with Gasteiger partial charge >= 0.3 is 0 Å². The van der Waals surface area contributed by atoms with Crippen LogP contribution < -0.4 is 11.1 Å². The number of carbonyl (C=O) groups excluding carboxylic acids is 1. The summed E-state index contributed by atoms with van der Waals surface area (Å²) in [7, 11) is 1.70. The van der Waals surface area contributed by atoms with Crippen LogP contribution in [0.5, 0.6) is 0 Å². The normalized spacial score (nSPS) is 11.0. The molecule has 6 heteroatoms. The van der Waals surface area contributed by atoms with Crippen molar-refractivity contribution in [2.75, 3.05) is 26.0 Å². The molecule has 0 fully saturated rings. The smallest absolute Gasteiger partial charge is 0.263 e. The fourth-order valence-corrected chi connectivity index (χ4v) is 3.90. The number of hydrogen-bond acceptors (Lipinski definition) is 4. The number of rotatable bonds is 7. The Morgan fingerprint density at radius 2 is 2.19 bits per heavy atom. The molecule has 0 aliphatic heterocycles. The molecular formula is C15H19BrN2O2S. The second kappa shape index (κ2) is 7.77. The van der Waals surface area contributed by atoms with Gasteiger partial charge in [-0.25, -0.2) is 0 Å². The summed E-state index contributed by atoms with van der Waals surface area (Å²) < 4.78 is 6.94. The van der Waals surface area contributed by atoms with Gasteiger partial charge in [0.15, 0.2) is 0 Å². The third-order valence-corrected chi connectivity index (χ3v) is 5.05. The van der Waals surface area contributed by atoms with E-state index in [-0.39, 0.29) is 5.91 Å². The SMILES string of the molecule is COCCCCCNC(=O)c1sc2cccc(Br)c2c1N. The molecule has 3 N–H and O–H groups in total. The zero-order valence-corrected chi connectivity index (χ0v) is 14.4. The lowest BCUT2D eigenvalue weighted by Crippen LogP contribution is -2.24. The molecule has 0 radical (unpaired) electrons. The van der Waals surface area contributed by atoms with E-state index in [1.807, 2.05) is 18.2 Å². The number of carbonyl (C=O) groups is 1. The quantitative estimate of drug-likeness (QED) is 0.728. The predicted octanol–water partition coefficient (Wildman–Crippen LogP) is 3.79. The van der Waals surface area contributed by atoms with Crippen molar-refractivity contribution in [1.82, 2.24) is 5.32 Å². The van der Waals surface area contributed by atoms with Crippen LogP contribution in [0.15, 0.2) is 22.7 Å². The zero-order chi connectivity index (χ0) is 15.2. The average molecular weight is 371 g/mol. The molecule has 0 aliphatic rings. The topological polar surface area (TPSA) is 64.3 Å². The van der Waals surface area contributed by atoms with Crippen LogP contribution >= 0.6 is 27.3 Å². The Bertz CT molecular complexity index is 627. The van der Waals surface area contributed by atoms with Crippen molar-refractivity contribution in [3.05, 3.63) is 27.5 Å². The number of nitrogens with one attached hydrogen (secondary N) is 1. The van der Waals surface area contributed by atoms with Crippen LogP contribution in [0, 0.1) is 0 Å². The van der Waals surface area contributed by atoms with Gasteiger partial charge in [-0.15, -0.1) is 11.3 Å². The number of amides is 1. The van der Waals surface area contributed by atoms with E-state index in [0.29, 0.717) is 17.1 Å². The van der Waals surface area contributed by atoms with Gasteiger partial charge in [-0.05, 0) is 31.4 Å². The van der Waals surface area contributed by atoms with Crippen molar-refractivity contribution in [3.8, 4) is 0 Å². The van der Waals surface area contributed by atoms with Crippen molar-refractivity contribution < 1.29 is 9.53 Å². The maximum atomic E-state index is 12.2. The minimum absolute atomic E-state index is 0.0904. The van der Waals surface area contributed by atoms with Gasteiger partial charge in [-0.1, -0.05) is 22.0 Å². The lowest BCUT2D eigenvalue weighted by Gasteiger charge is -2.04. The van der Waals surface area contributed by atoms with E-state index in [2.05, 4.69) is 21.2 Å². The molecule has 0 saturated heterocycles. The van der Waals surface area contributed by atoms with Crippen LogP contribution in [0.4, 0.5) is 5.69 Å². The molecule has 0 bridgehead atoms. The Hall–Kier alpha value is -1.11. The van der Waals surface area contributed by atoms with Gasteiger partial charge in [-0.3, -0.25) is 4.79 Å². The van der Waals surface area contributed by atoms with Gasteiger partial charge in [0.1, 0.15) is 4.88 Å². The molecule has 2 aromatic rings. The number of benzene rings is 1. The molecule has 0 spiro atoms. The molecule has 0 unspecified atom stereocenters. The lowest BCUT2D eigenvalue weighted by atomic mass is 10.2. The molecule has 4 nitrogen and oxygen atoms in total. The molecular weight excluding hydrogens is 352 g/mol. The van der Waals surface area contributed by atoms with Crippen LogP contribution in [0.2, 0.25) is 0 Å². The van der Waals surface area contributed by atoms with Crippen molar-refractivity contribution in [3.63, 3.8) is 0 Å². The monoisotopic (exact) mass is 370 g/mol. The summed E-state index contributed by atoms with van der Waals surface area (Å²) in [6, 6.07) is 5.85. The van der Waals surface area contributed by atoms with Gasteiger partial charge in [-0.2, -0.15) is 0 Å². The number of anilines is 1. The third-order valence-electron chi connectivity index (χ3n) is 3.22. The fraction of sp³-hybridized carbons (Fsp3) is 0.400. The van der Waals surface area contributed by atoms with Crippen LogP contribution in [-0.2, 0) is 4.74 Å². The standard InChI is InChI=1S/C15H19BrN2O2S/c1-20-9-4-2-3-8-18-15(19)14-13(17)12-10(16)6-5-7-11(12)21-14/h5-7H,2-4,8-9,17H2,1H3,(H,18,19). The highest BCUT2D eigenvalue weighted by molar-refractivity contribution is 9.10. The van der Waals surface area contributed by atoms with E-state index in [1.54, 1.807) is 7.11 Å². The maximum Gasteiger partial charge on any atom is 0.263 e. The van der Waals surface area contributed by atoms with Gasteiger partial charge < -0.3 is 15.8 Å². The Balaban J connectivity index is 1.97. The molecule has 1 aromatic heterocycles. The summed E-state index contributed by atoms with van der Waals surface area (Å²) in [4.78, 5) is 12.8. The van der Waals surface area contributed by atoms with Crippen molar-refractivity contribution in [2.24, 2.45) is 0 Å². The summed E-state index contributed by atoms with van der Waals surface area (Å²) in [5, 5.41) is 3.86. The predicted molar refractivity (Wildman–Crippen MR) is 92.0 cm³/mol. The number of nitrogens with two attached hydrogens (primary N) is 1. The van der Waals surface area contributed by atoms with Gasteiger partial charge in [0.25, 0.3) is 5.91 Å². The molecule has 0 atom stereocenters. The lowest BCUT2D eigenvalue weighted by molar-refractivity contribution is 0.0957. The third kappa shape index (κ3) is 3.96. The molecule has 1 amide bonds. The van der Waals surface area contributed by atoms with Crippen molar-refractivity contribution >= 4 is 48.9 Å². The average Bonchev–Trinajstić information content (AvgIpc) is 2.81. The minimum atomic E-state index is -0.0904. The van der Waals surface area contributed by atoms with Crippen molar-refractivity contribution in [2.45, 2.75) is 19.3 Å². The first kappa shape index (κ1) is 16.3. The van der Waals surface area contributed by atoms with Gasteiger partial charge in [0, 0.05) is 34.8 Å². The molecule has 21 heavy (non-hydrogen) atoms. The Kier molecular flexibility index (Phi) is 6.02. The number of thiophene rings is 1. The number of fused-ring (bicyclic) bond motifs is 1. The Labute approximate surface area is 136 Å². The van der Waals surface area contributed by atoms with E-state index in [9.17, 15) is 4.79 Å². The first-order chi connectivity index (χ1) is 10.1. The second-order valence-corrected chi connectivity index (χ2v) is 6.67. The van der Waals surface area contributed by atoms with E-state index in [0.717, 1.165) is 40.4 Å². The summed E-state index contributed by atoms with van der Waals surface area (Å²) in [5.41, 5.74) is 6.67. The Morgan fingerprint density at radius 1 is 1.38 bits per heavy atom. The summed E-state index contributed by atoms with van der Waals surface area (Å²) in [6.45, 7) is 1.43. The second-order valence-electron chi connectivity index (χ2n) is 4.77. The van der Waals surface area contributed by atoms with E-state index in [1.165, 1.54) is 11.3 Å². The van der Waals surface area contributed by atoms with Crippen LogP contribution in [0.25, 0.3) is 10.1 Å². The fourth-order valence-electron chi connectivity index (χ4n) is 2.13.